The average molecular weight is 195 g/mol. The van der Waals surface area contributed by atoms with E-state index in [1.165, 1.54) is 18.3 Å². The van der Waals surface area contributed by atoms with E-state index in [0.29, 0.717) is 0 Å². The van der Waals surface area contributed by atoms with E-state index in [1.807, 2.05) is 6.07 Å². The molecule has 0 atom stereocenters. The van der Waals surface area contributed by atoms with E-state index in [1.54, 1.807) is 0 Å². The lowest BCUT2D eigenvalue weighted by Crippen LogP contribution is -1.92. The first-order chi connectivity index (χ1) is 6.25. The minimum absolute atomic E-state index is 0.0530. The standard InChI is InChI=1S/C7H5N3O2S/c8-3-5-13-7-6(10(11)12)2-1-4-9-7/h1-2,4H,5H2. The minimum Gasteiger partial charge on any atom is -0.258 e. The zero-order chi connectivity index (χ0) is 9.68. The van der Waals surface area contributed by atoms with Gasteiger partial charge in [0, 0.05) is 12.3 Å². The van der Waals surface area contributed by atoms with Crippen molar-refractivity contribution in [1.82, 2.24) is 4.98 Å². The van der Waals surface area contributed by atoms with E-state index in [2.05, 4.69) is 4.98 Å². The molecule has 0 N–H and O–H groups in total. The first kappa shape index (κ1) is 9.48. The smallest absolute Gasteiger partial charge is 0.258 e. The Balaban J connectivity index is 2.92. The summed E-state index contributed by atoms with van der Waals surface area (Å²) in [6.45, 7) is 0. The predicted octanol–water partition coefficient (Wildman–Crippen LogP) is 1.61. The molecular formula is C7H5N3O2S. The van der Waals surface area contributed by atoms with Crippen LogP contribution in [0.1, 0.15) is 0 Å². The lowest BCUT2D eigenvalue weighted by atomic mass is 10.4. The molecule has 1 aromatic rings. The Morgan fingerprint density at radius 3 is 3.15 bits per heavy atom. The Morgan fingerprint density at radius 2 is 2.54 bits per heavy atom. The van der Waals surface area contributed by atoms with E-state index in [-0.39, 0.29) is 16.5 Å². The highest BCUT2D eigenvalue weighted by Gasteiger charge is 2.13. The van der Waals surface area contributed by atoms with Gasteiger partial charge in [-0.25, -0.2) is 4.98 Å². The van der Waals surface area contributed by atoms with Gasteiger partial charge >= 0.3 is 5.69 Å². The van der Waals surface area contributed by atoms with Gasteiger partial charge in [-0.1, -0.05) is 11.8 Å². The summed E-state index contributed by atoms with van der Waals surface area (Å²) in [5.41, 5.74) is -0.0530. The predicted molar refractivity (Wildman–Crippen MR) is 47.2 cm³/mol. The molecule has 1 rings (SSSR count). The molecule has 0 unspecified atom stereocenters. The van der Waals surface area contributed by atoms with Gasteiger partial charge in [-0.3, -0.25) is 10.1 Å². The number of nitrogens with zero attached hydrogens (tertiary/aromatic N) is 3. The van der Waals surface area contributed by atoms with Crippen LogP contribution in [0, 0.1) is 21.4 Å². The van der Waals surface area contributed by atoms with Crippen molar-refractivity contribution >= 4 is 17.4 Å². The second-order valence-corrected chi connectivity index (χ2v) is 3.00. The van der Waals surface area contributed by atoms with Gasteiger partial charge < -0.3 is 0 Å². The molecule has 0 bridgehead atoms. The Morgan fingerprint density at radius 1 is 1.77 bits per heavy atom. The molecule has 0 saturated carbocycles. The van der Waals surface area contributed by atoms with E-state index < -0.39 is 4.92 Å². The van der Waals surface area contributed by atoms with E-state index in [0.717, 1.165) is 11.8 Å². The average Bonchev–Trinajstić information content (AvgIpc) is 2.15. The van der Waals surface area contributed by atoms with Crippen LogP contribution in [-0.4, -0.2) is 15.7 Å². The Bertz CT molecular complexity index is 361. The fourth-order valence-electron chi connectivity index (χ4n) is 0.733. The Labute approximate surface area is 78.5 Å². The van der Waals surface area contributed by atoms with Crippen LogP contribution >= 0.6 is 11.8 Å². The van der Waals surface area contributed by atoms with Gasteiger partial charge in [0.15, 0.2) is 5.03 Å². The summed E-state index contributed by atoms with van der Waals surface area (Å²) in [6, 6.07) is 4.75. The number of rotatable bonds is 3. The lowest BCUT2D eigenvalue weighted by Gasteiger charge is -1.96. The number of hydrogen-bond donors (Lipinski definition) is 0. The van der Waals surface area contributed by atoms with Crippen LogP contribution in [0.15, 0.2) is 23.4 Å². The molecule has 1 heterocycles. The summed E-state index contributed by atoms with van der Waals surface area (Å²) >= 11 is 1.06. The third-order valence-electron chi connectivity index (χ3n) is 1.22. The SMILES string of the molecule is N#CCSc1ncccc1[N+](=O)[O-]. The lowest BCUT2D eigenvalue weighted by molar-refractivity contribution is -0.388. The van der Waals surface area contributed by atoms with Gasteiger partial charge in [0.1, 0.15) is 0 Å². The number of thioether (sulfide) groups is 1. The summed E-state index contributed by atoms with van der Waals surface area (Å²) in [4.78, 5) is 13.8. The van der Waals surface area contributed by atoms with Crippen molar-refractivity contribution in [3.63, 3.8) is 0 Å². The van der Waals surface area contributed by atoms with Crippen molar-refractivity contribution in [1.29, 1.82) is 5.26 Å². The topological polar surface area (TPSA) is 79.8 Å². The number of nitriles is 1. The monoisotopic (exact) mass is 195 g/mol. The molecule has 0 saturated heterocycles. The number of nitro groups is 1. The van der Waals surface area contributed by atoms with Gasteiger partial charge in [0.25, 0.3) is 0 Å². The Kier molecular flexibility index (Phi) is 3.23. The van der Waals surface area contributed by atoms with E-state index >= 15 is 0 Å². The molecule has 66 valence electrons. The van der Waals surface area contributed by atoms with Crippen LogP contribution in [0.4, 0.5) is 5.69 Å². The molecule has 0 aromatic carbocycles. The van der Waals surface area contributed by atoms with Crippen LogP contribution in [0.25, 0.3) is 0 Å². The van der Waals surface area contributed by atoms with Crippen molar-refractivity contribution in [3.05, 3.63) is 28.4 Å². The summed E-state index contributed by atoms with van der Waals surface area (Å²) in [5, 5.41) is 19.0. The van der Waals surface area contributed by atoms with Crippen molar-refractivity contribution in [2.45, 2.75) is 5.03 Å². The molecule has 0 aliphatic rings. The van der Waals surface area contributed by atoms with Crippen LogP contribution in [0.5, 0.6) is 0 Å². The molecule has 0 spiro atoms. The highest BCUT2D eigenvalue weighted by atomic mass is 32.2. The second-order valence-electron chi connectivity index (χ2n) is 2.03. The molecule has 6 heteroatoms. The number of pyridine rings is 1. The summed E-state index contributed by atoms with van der Waals surface area (Å²) in [7, 11) is 0. The quantitative estimate of drug-likeness (QED) is 0.415. The fraction of sp³-hybridized carbons (Fsp3) is 0.143. The van der Waals surface area contributed by atoms with Crippen LogP contribution in [-0.2, 0) is 0 Å². The maximum atomic E-state index is 10.5. The van der Waals surface area contributed by atoms with Crippen molar-refractivity contribution in [2.24, 2.45) is 0 Å². The van der Waals surface area contributed by atoms with Crippen molar-refractivity contribution < 1.29 is 4.92 Å². The summed E-state index contributed by atoms with van der Waals surface area (Å²) in [6.07, 6.45) is 1.46. The molecule has 0 fully saturated rings. The van der Waals surface area contributed by atoms with Crippen LogP contribution in [0.3, 0.4) is 0 Å². The molecule has 1 aromatic heterocycles. The molecule has 5 nitrogen and oxygen atoms in total. The highest BCUT2D eigenvalue weighted by molar-refractivity contribution is 7.99. The first-order valence-corrected chi connectivity index (χ1v) is 4.33. The van der Waals surface area contributed by atoms with E-state index in [4.69, 9.17) is 5.26 Å². The van der Waals surface area contributed by atoms with Gasteiger partial charge in [-0.05, 0) is 6.07 Å². The van der Waals surface area contributed by atoms with Gasteiger partial charge in [0.2, 0.25) is 0 Å². The zero-order valence-electron chi connectivity index (χ0n) is 6.51. The molecule has 13 heavy (non-hydrogen) atoms. The maximum absolute atomic E-state index is 10.5. The van der Waals surface area contributed by atoms with Gasteiger partial charge in [-0.15, -0.1) is 0 Å². The molecule has 0 radical (unpaired) electrons. The van der Waals surface area contributed by atoms with Crippen molar-refractivity contribution in [2.75, 3.05) is 5.75 Å². The summed E-state index contributed by atoms with van der Waals surface area (Å²) < 4.78 is 0. The van der Waals surface area contributed by atoms with Crippen LogP contribution < -0.4 is 0 Å². The van der Waals surface area contributed by atoms with Gasteiger partial charge in [-0.2, -0.15) is 5.26 Å². The number of aromatic nitrogens is 1. The number of hydrogen-bond acceptors (Lipinski definition) is 5. The minimum atomic E-state index is -0.507. The second kappa shape index (κ2) is 4.42. The normalized spacial score (nSPS) is 9.15. The fourth-order valence-corrected chi connectivity index (χ4v) is 1.36. The van der Waals surface area contributed by atoms with Crippen molar-refractivity contribution in [3.8, 4) is 6.07 Å². The molecule has 0 aliphatic carbocycles. The third kappa shape index (κ3) is 2.42. The largest absolute Gasteiger partial charge is 0.301 e. The maximum Gasteiger partial charge on any atom is 0.301 e. The summed E-state index contributed by atoms with van der Waals surface area (Å²) in [5.74, 6) is 0.165. The van der Waals surface area contributed by atoms with E-state index in [9.17, 15) is 10.1 Å². The van der Waals surface area contributed by atoms with Crippen LogP contribution in [0.2, 0.25) is 0 Å². The Hall–Kier alpha value is -1.61. The molecule has 0 aliphatic heterocycles. The highest BCUT2D eigenvalue weighted by Crippen LogP contribution is 2.25. The third-order valence-corrected chi connectivity index (χ3v) is 2.08. The molecule has 0 amide bonds. The zero-order valence-corrected chi connectivity index (χ0v) is 7.32. The first-order valence-electron chi connectivity index (χ1n) is 3.35. The molecular weight excluding hydrogens is 190 g/mol. The van der Waals surface area contributed by atoms with Gasteiger partial charge in [0.05, 0.1) is 16.7 Å².